The first-order valence-corrected chi connectivity index (χ1v) is 6.01. The average molecular weight is 228 g/mol. The molecule has 2 heterocycles. The minimum absolute atomic E-state index is 0.373. The van der Waals surface area contributed by atoms with Crippen molar-refractivity contribution in [2.24, 2.45) is 5.73 Å². The van der Waals surface area contributed by atoms with E-state index in [4.69, 9.17) is 10.5 Å². The van der Waals surface area contributed by atoms with E-state index in [9.17, 15) is 0 Å². The summed E-state index contributed by atoms with van der Waals surface area (Å²) >= 11 is 1.45. The number of rotatable bonds is 4. The Morgan fingerprint density at radius 2 is 2.33 bits per heavy atom. The van der Waals surface area contributed by atoms with Crippen LogP contribution < -0.4 is 10.6 Å². The standard InChI is InChI=1S/C9H16N4OS/c10-3-6-14-8-1-4-13(5-2-8)9-11-7-12-15-9/h7-8H,1-6,10H2. The third kappa shape index (κ3) is 2.87. The van der Waals surface area contributed by atoms with Crippen molar-refractivity contribution >= 4 is 16.7 Å². The third-order valence-corrected chi connectivity index (χ3v) is 3.26. The van der Waals surface area contributed by atoms with Crippen LogP contribution in [0.15, 0.2) is 6.33 Å². The van der Waals surface area contributed by atoms with Crippen molar-refractivity contribution in [2.45, 2.75) is 18.9 Å². The van der Waals surface area contributed by atoms with Crippen LogP contribution in [-0.4, -0.2) is 41.7 Å². The van der Waals surface area contributed by atoms with Crippen LogP contribution in [0.25, 0.3) is 0 Å². The fourth-order valence-corrected chi connectivity index (χ4v) is 2.34. The highest BCUT2D eigenvalue weighted by atomic mass is 32.1. The molecule has 1 aromatic heterocycles. The number of aromatic nitrogens is 2. The van der Waals surface area contributed by atoms with E-state index in [1.165, 1.54) is 11.5 Å². The fourth-order valence-electron chi connectivity index (χ4n) is 1.76. The maximum atomic E-state index is 5.61. The zero-order valence-corrected chi connectivity index (χ0v) is 9.45. The lowest BCUT2D eigenvalue weighted by Crippen LogP contribution is -2.37. The van der Waals surface area contributed by atoms with Crippen molar-refractivity contribution in [3.63, 3.8) is 0 Å². The Morgan fingerprint density at radius 3 is 2.93 bits per heavy atom. The number of anilines is 1. The molecule has 1 aliphatic heterocycles. The van der Waals surface area contributed by atoms with Gasteiger partial charge in [-0.15, -0.1) is 0 Å². The predicted molar refractivity (Wildman–Crippen MR) is 60.2 cm³/mol. The van der Waals surface area contributed by atoms with E-state index < -0.39 is 0 Å². The quantitative estimate of drug-likeness (QED) is 0.812. The van der Waals surface area contributed by atoms with E-state index in [2.05, 4.69) is 14.3 Å². The monoisotopic (exact) mass is 228 g/mol. The molecule has 84 valence electrons. The zero-order valence-electron chi connectivity index (χ0n) is 8.63. The number of hydrogen-bond donors (Lipinski definition) is 1. The van der Waals surface area contributed by atoms with Gasteiger partial charge in [0, 0.05) is 31.2 Å². The molecule has 1 fully saturated rings. The first-order valence-electron chi connectivity index (χ1n) is 5.23. The van der Waals surface area contributed by atoms with E-state index in [1.807, 2.05) is 0 Å². The minimum atomic E-state index is 0.373. The summed E-state index contributed by atoms with van der Waals surface area (Å²) in [5.41, 5.74) is 5.40. The molecule has 0 aromatic carbocycles. The van der Waals surface area contributed by atoms with Crippen molar-refractivity contribution in [1.82, 2.24) is 9.36 Å². The molecule has 0 saturated carbocycles. The van der Waals surface area contributed by atoms with Gasteiger partial charge in [-0.1, -0.05) is 0 Å². The van der Waals surface area contributed by atoms with E-state index >= 15 is 0 Å². The average Bonchev–Trinajstić information content (AvgIpc) is 2.80. The summed E-state index contributed by atoms with van der Waals surface area (Å²) in [5, 5.41) is 1.02. The zero-order chi connectivity index (χ0) is 10.5. The van der Waals surface area contributed by atoms with Crippen LogP contribution in [0, 0.1) is 0 Å². The Morgan fingerprint density at radius 1 is 1.53 bits per heavy atom. The van der Waals surface area contributed by atoms with Crippen LogP contribution in [0.3, 0.4) is 0 Å². The minimum Gasteiger partial charge on any atom is -0.377 e. The van der Waals surface area contributed by atoms with Crippen LogP contribution in [-0.2, 0) is 4.74 Å². The molecule has 1 saturated heterocycles. The van der Waals surface area contributed by atoms with Gasteiger partial charge in [0.1, 0.15) is 6.33 Å². The molecule has 0 radical (unpaired) electrons. The Labute approximate surface area is 93.4 Å². The lowest BCUT2D eigenvalue weighted by Gasteiger charge is -2.31. The summed E-state index contributed by atoms with van der Waals surface area (Å²) in [6, 6.07) is 0. The molecular formula is C9H16N4OS. The van der Waals surface area contributed by atoms with Crippen molar-refractivity contribution < 1.29 is 4.74 Å². The van der Waals surface area contributed by atoms with Gasteiger partial charge in [-0.2, -0.15) is 4.37 Å². The molecule has 0 spiro atoms. The maximum absolute atomic E-state index is 5.61. The normalized spacial score (nSPS) is 18.3. The van der Waals surface area contributed by atoms with Crippen molar-refractivity contribution in [3.8, 4) is 0 Å². The molecule has 1 aliphatic rings. The highest BCUT2D eigenvalue weighted by molar-refractivity contribution is 7.09. The molecule has 0 amide bonds. The van der Waals surface area contributed by atoms with Crippen molar-refractivity contribution in [1.29, 1.82) is 0 Å². The summed E-state index contributed by atoms with van der Waals surface area (Å²) in [4.78, 5) is 6.46. The van der Waals surface area contributed by atoms with Crippen molar-refractivity contribution in [3.05, 3.63) is 6.33 Å². The number of hydrogen-bond acceptors (Lipinski definition) is 6. The second-order valence-corrected chi connectivity index (χ2v) is 4.33. The van der Waals surface area contributed by atoms with Gasteiger partial charge in [0.05, 0.1) is 12.7 Å². The highest BCUT2D eigenvalue weighted by Crippen LogP contribution is 2.21. The number of nitrogens with zero attached hydrogens (tertiary/aromatic N) is 3. The highest BCUT2D eigenvalue weighted by Gasteiger charge is 2.20. The Hall–Kier alpha value is -0.720. The van der Waals surface area contributed by atoms with Gasteiger partial charge >= 0.3 is 0 Å². The van der Waals surface area contributed by atoms with Gasteiger partial charge in [-0.25, -0.2) is 4.98 Å². The molecule has 0 atom stereocenters. The predicted octanol–water partition coefficient (Wildman–Crippen LogP) is 0.482. The molecule has 1 aromatic rings. The van der Waals surface area contributed by atoms with E-state index in [1.54, 1.807) is 6.33 Å². The second kappa shape index (κ2) is 5.39. The largest absolute Gasteiger partial charge is 0.377 e. The molecular weight excluding hydrogens is 212 g/mol. The van der Waals surface area contributed by atoms with Gasteiger partial charge in [-0.3, -0.25) is 0 Å². The lowest BCUT2D eigenvalue weighted by atomic mass is 10.1. The van der Waals surface area contributed by atoms with Crippen LogP contribution in [0.5, 0.6) is 0 Å². The summed E-state index contributed by atoms with van der Waals surface area (Å²) in [5.74, 6) is 0. The number of ether oxygens (including phenoxy) is 1. The fraction of sp³-hybridized carbons (Fsp3) is 0.778. The third-order valence-electron chi connectivity index (χ3n) is 2.53. The molecule has 0 unspecified atom stereocenters. The summed E-state index contributed by atoms with van der Waals surface area (Å²) in [7, 11) is 0. The maximum Gasteiger partial charge on any atom is 0.204 e. The van der Waals surface area contributed by atoms with Gasteiger partial charge in [0.2, 0.25) is 5.13 Å². The van der Waals surface area contributed by atoms with Crippen molar-refractivity contribution in [2.75, 3.05) is 31.1 Å². The molecule has 6 heteroatoms. The van der Waals surface area contributed by atoms with Crippen LogP contribution >= 0.6 is 11.5 Å². The summed E-state index contributed by atoms with van der Waals surface area (Å²) < 4.78 is 9.62. The molecule has 0 bridgehead atoms. The molecule has 15 heavy (non-hydrogen) atoms. The molecule has 5 nitrogen and oxygen atoms in total. The van der Waals surface area contributed by atoms with Crippen LogP contribution in [0.4, 0.5) is 5.13 Å². The molecule has 0 aliphatic carbocycles. The van der Waals surface area contributed by atoms with E-state index in [0.717, 1.165) is 31.1 Å². The second-order valence-electron chi connectivity index (χ2n) is 3.57. The Kier molecular flexibility index (Phi) is 3.87. The van der Waals surface area contributed by atoms with Crippen LogP contribution in [0.2, 0.25) is 0 Å². The van der Waals surface area contributed by atoms with E-state index in [-0.39, 0.29) is 0 Å². The first-order chi connectivity index (χ1) is 7.40. The number of nitrogens with two attached hydrogens (primary N) is 1. The lowest BCUT2D eigenvalue weighted by molar-refractivity contribution is 0.0422. The summed E-state index contributed by atoms with van der Waals surface area (Å²) in [6.45, 7) is 3.29. The molecule has 2 N–H and O–H groups in total. The van der Waals surface area contributed by atoms with Gasteiger partial charge < -0.3 is 15.4 Å². The topological polar surface area (TPSA) is 64.3 Å². The first kappa shape index (κ1) is 10.8. The smallest absolute Gasteiger partial charge is 0.204 e. The van der Waals surface area contributed by atoms with Crippen LogP contribution in [0.1, 0.15) is 12.8 Å². The molecule has 2 rings (SSSR count). The SMILES string of the molecule is NCCOC1CCN(c2ncns2)CC1. The van der Waals surface area contributed by atoms with Gasteiger partial charge in [0.25, 0.3) is 0 Å². The van der Waals surface area contributed by atoms with E-state index in [0.29, 0.717) is 19.3 Å². The Balaban J connectivity index is 1.77. The van der Waals surface area contributed by atoms with Gasteiger partial charge in [-0.05, 0) is 12.8 Å². The summed E-state index contributed by atoms with van der Waals surface area (Å²) in [6.07, 6.45) is 4.09. The Bertz CT molecular complexity index is 272. The number of piperidine rings is 1. The van der Waals surface area contributed by atoms with Gasteiger partial charge in [0.15, 0.2) is 0 Å².